The van der Waals surface area contributed by atoms with E-state index in [1.165, 1.54) is 19.3 Å². The molecule has 1 heterocycles. The van der Waals surface area contributed by atoms with Crippen molar-refractivity contribution >= 4 is 5.69 Å². The Balaban J connectivity index is 1.81. The van der Waals surface area contributed by atoms with Gasteiger partial charge in [0.1, 0.15) is 0 Å². The zero-order chi connectivity index (χ0) is 13.9. The lowest BCUT2D eigenvalue weighted by Crippen LogP contribution is -2.30. The lowest BCUT2D eigenvalue weighted by molar-refractivity contribution is 0.281. The predicted molar refractivity (Wildman–Crippen MR) is 80.9 cm³/mol. The van der Waals surface area contributed by atoms with Gasteiger partial charge in [0.15, 0.2) is 0 Å². The van der Waals surface area contributed by atoms with Crippen molar-refractivity contribution in [2.45, 2.75) is 39.2 Å². The molecule has 0 aliphatic heterocycles. The maximum atomic E-state index is 4.10. The fraction of sp³-hybridized carbons (Fsp3) is 0.500. The van der Waals surface area contributed by atoms with Crippen molar-refractivity contribution < 1.29 is 0 Å². The maximum absolute atomic E-state index is 4.10. The van der Waals surface area contributed by atoms with E-state index in [-0.39, 0.29) is 0 Å². The van der Waals surface area contributed by atoms with Gasteiger partial charge in [-0.2, -0.15) is 0 Å². The molecule has 2 unspecified atom stereocenters. The molecule has 0 saturated heterocycles. The molecule has 1 N–H and O–H groups in total. The smallest absolute Gasteiger partial charge is 0.0894 e. The first-order valence-corrected chi connectivity index (χ1v) is 7.44. The van der Waals surface area contributed by atoms with E-state index in [9.17, 15) is 0 Å². The Morgan fingerprint density at radius 3 is 2.55 bits per heavy atom. The van der Waals surface area contributed by atoms with Crippen LogP contribution in [0.2, 0.25) is 0 Å². The average molecular weight is 270 g/mol. The van der Waals surface area contributed by atoms with Crippen molar-refractivity contribution in [1.82, 2.24) is 15.0 Å². The Hall–Kier alpha value is -1.84. The van der Waals surface area contributed by atoms with Crippen LogP contribution >= 0.6 is 0 Å². The standard InChI is InChI=1S/C16H22N4/c1-12-9-13(2)11-14(10-12)18-15-5-3-4-6-16(15)20-8-7-17-19-20/h3-8,12-14,18H,9-11H2,1-2H3. The summed E-state index contributed by atoms with van der Waals surface area (Å²) in [6.45, 7) is 4.71. The second-order valence-corrected chi connectivity index (χ2v) is 6.12. The van der Waals surface area contributed by atoms with Crippen LogP contribution in [0.4, 0.5) is 5.69 Å². The lowest BCUT2D eigenvalue weighted by atomic mass is 9.80. The molecular formula is C16H22N4. The second-order valence-electron chi connectivity index (χ2n) is 6.12. The largest absolute Gasteiger partial charge is 0.381 e. The summed E-state index contributed by atoms with van der Waals surface area (Å²) < 4.78 is 1.82. The highest BCUT2D eigenvalue weighted by Crippen LogP contribution is 2.31. The molecule has 3 rings (SSSR count). The van der Waals surface area contributed by atoms with Gasteiger partial charge in [0.2, 0.25) is 0 Å². The quantitative estimate of drug-likeness (QED) is 0.928. The maximum Gasteiger partial charge on any atom is 0.0894 e. The molecule has 1 aromatic carbocycles. The average Bonchev–Trinajstić information content (AvgIpc) is 2.92. The first-order chi connectivity index (χ1) is 9.72. The number of nitrogens with one attached hydrogen (secondary N) is 1. The minimum absolute atomic E-state index is 0.554. The van der Waals surface area contributed by atoms with Crippen LogP contribution in [0.15, 0.2) is 36.7 Å². The highest BCUT2D eigenvalue weighted by molar-refractivity contribution is 5.61. The Bertz CT molecular complexity index is 539. The molecule has 1 aliphatic rings. The first-order valence-electron chi connectivity index (χ1n) is 7.44. The van der Waals surface area contributed by atoms with Crippen molar-refractivity contribution in [3.8, 4) is 5.69 Å². The molecule has 4 nitrogen and oxygen atoms in total. The van der Waals surface area contributed by atoms with Gasteiger partial charge in [0.25, 0.3) is 0 Å². The molecule has 20 heavy (non-hydrogen) atoms. The summed E-state index contributed by atoms with van der Waals surface area (Å²) in [7, 11) is 0. The molecular weight excluding hydrogens is 248 g/mol. The Kier molecular flexibility index (Phi) is 3.72. The van der Waals surface area contributed by atoms with Gasteiger partial charge in [-0.3, -0.25) is 0 Å². The highest BCUT2D eigenvalue weighted by Gasteiger charge is 2.24. The number of anilines is 1. The molecule has 2 aromatic rings. The topological polar surface area (TPSA) is 42.7 Å². The molecule has 1 aliphatic carbocycles. The van der Waals surface area contributed by atoms with Crippen LogP contribution in [0.3, 0.4) is 0 Å². The first kappa shape index (κ1) is 13.2. The van der Waals surface area contributed by atoms with Crippen LogP contribution in [0, 0.1) is 11.8 Å². The van der Waals surface area contributed by atoms with E-state index in [1.54, 1.807) is 6.20 Å². The molecule has 0 spiro atoms. The van der Waals surface area contributed by atoms with Gasteiger partial charge in [0, 0.05) is 6.04 Å². The molecule has 4 heteroatoms. The Morgan fingerprint density at radius 2 is 1.85 bits per heavy atom. The molecule has 106 valence electrons. The molecule has 1 aromatic heterocycles. The van der Waals surface area contributed by atoms with Crippen LogP contribution in [0.1, 0.15) is 33.1 Å². The third kappa shape index (κ3) is 2.84. The number of benzene rings is 1. The van der Waals surface area contributed by atoms with E-state index in [0.29, 0.717) is 6.04 Å². The van der Waals surface area contributed by atoms with Crippen molar-refractivity contribution in [3.63, 3.8) is 0 Å². The number of rotatable bonds is 3. The third-order valence-corrected chi connectivity index (χ3v) is 4.11. The molecule has 0 radical (unpaired) electrons. The van der Waals surface area contributed by atoms with Crippen LogP contribution in [0.25, 0.3) is 5.69 Å². The normalized spacial score (nSPS) is 26.4. The van der Waals surface area contributed by atoms with Gasteiger partial charge in [-0.15, -0.1) is 5.10 Å². The number of hydrogen-bond acceptors (Lipinski definition) is 3. The van der Waals surface area contributed by atoms with Gasteiger partial charge in [-0.05, 0) is 43.2 Å². The third-order valence-electron chi connectivity index (χ3n) is 4.11. The van der Waals surface area contributed by atoms with Gasteiger partial charge >= 0.3 is 0 Å². The Morgan fingerprint density at radius 1 is 1.10 bits per heavy atom. The van der Waals surface area contributed by atoms with Crippen LogP contribution < -0.4 is 5.32 Å². The zero-order valence-corrected chi connectivity index (χ0v) is 12.2. The molecule has 1 fully saturated rings. The van der Waals surface area contributed by atoms with E-state index in [4.69, 9.17) is 0 Å². The van der Waals surface area contributed by atoms with Gasteiger partial charge in [-0.1, -0.05) is 31.2 Å². The van der Waals surface area contributed by atoms with Crippen LogP contribution in [-0.2, 0) is 0 Å². The summed E-state index contributed by atoms with van der Waals surface area (Å²) in [6.07, 6.45) is 7.43. The van der Waals surface area contributed by atoms with Crippen molar-refractivity contribution in [3.05, 3.63) is 36.7 Å². The zero-order valence-electron chi connectivity index (χ0n) is 12.2. The fourth-order valence-electron chi connectivity index (χ4n) is 3.42. The summed E-state index contributed by atoms with van der Waals surface area (Å²) in [5.74, 6) is 1.60. The van der Waals surface area contributed by atoms with Crippen molar-refractivity contribution in [1.29, 1.82) is 0 Å². The molecule has 2 atom stereocenters. The monoisotopic (exact) mass is 270 g/mol. The minimum atomic E-state index is 0.554. The summed E-state index contributed by atoms with van der Waals surface area (Å²) in [5, 5.41) is 11.7. The van der Waals surface area contributed by atoms with E-state index >= 15 is 0 Å². The van der Waals surface area contributed by atoms with Crippen LogP contribution in [-0.4, -0.2) is 21.0 Å². The van der Waals surface area contributed by atoms with E-state index in [2.05, 4.69) is 47.7 Å². The number of hydrogen-bond donors (Lipinski definition) is 1. The summed E-state index contributed by atoms with van der Waals surface area (Å²) >= 11 is 0. The summed E-state index contributed by atoms with van der Waals surface area (Å²) in [4.78, 5) is 0. The molecule has 0 amide bonds. The summed E-state index contributed by atoms with van der Waals surface area (Å²) in [5.41, 5.74) is 2.21. The molecule has 0 bridgehead atoms. The number of para-hydroxylation sites is 2. The van der Waals surface area contributed by atoms with Crippen molar-refractivity contribution in [2.75, 3.05) is 5.32 Å². The van der Waals surface area contributed by atoms with Gasteiger partial charge < -0.3 is 5.32 Å². The Labute approximate surface area is 120 Å². The minimum Gasteiger partial charge on any atom is -0.381 e. The van der Waals surface area contributed by atoms with E-state index in [1.807, 2.05) is 16.9 Å². The predicted octanol–water partition coefficient (Wildman–Crippen LogP) is 3.50. The lowest BCUT2D eigenvalue weighted by Gasteiger charge is -2.33. The van der Waals surface area contributed by atoms with E-state index < -0.39 is 0 Å². The van der Waals surface area contributed by atoms with E-state index in [0.717, 1.165) is 23.2 Å². The number of nitrogens with zero attached hydrogens (tertiary/aromatic N) is 3. The second kappa shape index (κ2) is 5.65. The van der Waals surface area contributed by atoms with Gasteiger partial charge in [0.05, 0.1) is 23.8 Å². The molecule has 1 saturated carbocycles. The number of aromatic nitrogens is 3. The van der Waals surface area contributed by atoms with Gasteiger partial charge in [-0.25, -0.2) is 4.68 Å². The highest BCUT2D eigenvalue weighted by atomic mass is 15.4. The van der Waals surface area contributed by atoms with Crippen molar-refractivity contribution in [2.24, 2.45) is 11.8 Å². The fourth-order valence-corrected chi connectivity index (χ4v) is 3.42. The SMILES string of the molecule is CC1CC(C)CC(Nc2ccccc2-n2ccnn2)C1. The summed E-state index contributed by atoms with van der Waals surface area (Å²) in [6, 6.07) is 8.86. The van der Waals surface area contributed by atoms with Crippen LogP contribution in [0.5, 0.6) is 0 Å².